The Morgan fingerprint density at radius 2 is 1.69 bits per heavy atom. The molecule has 1 fully saturated rings. The van der Waals surface area contributed by atoms with Gasteiger partial charge in [0.05, 0.1) is 0 Å². The summed E-state index contributed by atoms with van der Waals surface area (Å²) in [4.78, 5) is 27.2. The molecule has 1 aliphatic carbocycles. The van der Waals surface area contributed by atoms with Gasteiger partial charge in [0.2, 0.25) is 11.8 Å². The van der Waals surface area contributed by atoms with Gasteiger partial charge < -0.3 is 15.5 Å². The average molecular weight is 372 g/mol. The number of rotatable bonds is 6. The van der Waals surface area contributed by atoms with Crippen molar-refractivity contribution in [1.29, 1.82) is 0 Å². The Kier molecular flexibility index (Phi) is 5.18. The number of carbonyl (C=O) groups is 2. The normalized spacial score (nSPS) is 14.4. The van der Waals surface area contributed by atoms with Crippen LogP contribution in [0.3, 0.4) is 0 Å². The van der Waals surface area contributed by atoms with Gasteiger partial charge in [0.15, 0.2) is 0 Å². The van der Waals surface area contributed by atoms with E-state index in [1.165, 1.54) is 0 Å². The highest BCUT2D eigenvalue weighted by molar-refractivity contribution is 6.31. The Morgan fingerprint density at radius 1 is 1.04 bits per heavy atom. The van der Waals surface area contributed by atoms with E-state index >= 15 is 0 Å². The molecule has 6 heteroatoms. The summed E-state index contributed by atoms with van der Waals surface area (Å²) >= 11 is 6.11. The number of hydrogen-bond acceptors (Lipinski definition) is 3. The molecule has 1 aliphatic rings. The summed E-state index contributed by atoms with van der Waals surface area (Å²) in [5.74, 6) is -0.508. The molecule has 0 spiro atoms. The minimum atomic E-state index is -0.971. The lowest BCUT2D eigenvalue weighted by molar-refractivity contribution is -0.134. The molecule has 2 aromatic carbocycles. The zero-order valence-electron chi connectivity index (χ0n) is 14.9. The number of halogens is 1. The molecule has 3 rings (SSSR count). The number of amides is 2. The molecule has 0 bridgehead atoms. The fourth-order valence-electron chi connectivity index (χ4n) is 2.76. The minimum absolute atomic E-state index is 0.250. The van der Waals surface area contributed by atoms with Crippen molar-refractivity contribution in [3.05, 3.63) is 59.1 Å². The summed E-state index contributed by atoms with van der Waals surface area (Å²) in [7, 11) is 3.91. The first kappa shape index (κ1) is 18.3. The van der Waals surface area contributed by atoms with Crippen LogP contribution in [-0.4, -0.2) is 25.9 Å². The first-order chi connectivity index (χ1) is 12.4. The maximum Gasteiger partial charge on any atom is 0.240 e. The number of benzene rings is 2. The van der Waals surface area contributed by atoms with Gasteiger partial charge in [-0.25, -0.2) is 0 Å². The van der Waals surface area contributed by atoms with Crippen molar-refractivity contribution in [2.75, 3.05) is 24.3 Å². The van der Waals surface area contributed by atoms with Crippen LogP contribution < -0.4 is 15.5 Å². The van der Waals surface area contributed by atoms with Gasteiger partial charge in [0.25, 0.3) is 0 Å². The lowest BCUT2D eigenvalue weighted by Gasteiger charge is -2.17. The van der Waals surface area contributed by atoms with Crippen LogP contribution in [0.5, 0.6) is 0 Å². The van der Waals surface area contributed by atoms with Crippen LogP contribution in [0.4, 0.5) is 11.4 Å². The molecule has 0 aromatic heterocycles. The van der Waals surface area contributed by atoms with Crippen LogP contribution in [0.25, 0.3) is 0 Å². The number of carbonyl (C=O) groups excluding carboxylic acids is 2. The molecule has 0 unspecified atom stereocenters. The quantitative estimate of drug-likeness (QED) is 0.764. The smallest absolute Gasteiger partial charge is 0.240 e. The van der Waals surface area contributed by atoms with Gasteiger partial charge in [0, 0.05) is 37.0 Å². The zero-order valence-corrected chi connectivity index (χ0v) is 15.6. The van der Waals surface area contributed by atoms with E-state index in [1.54, 1.807) is 6.07 Å². The Hall–Kier alpha value is -2.53. The van der Waals surface area contributed by atoms with E-state index < -0.39 is 5.41 Å². The number of nitrogens with zero attached hydrogens (tertiary/aromatic N) is 1. The molecule has 2 N–H and O–H groups in total. The van der Waals surface area contributed by atoms with Crippen molar-refractivity contribution in [3.63, 3.8) is 0 Å². The van der Waals surface area contributed by atoms with E-state index in [-0.39, 0.29) is 11.8 Å². The Bertz CT molecular complexity index is 814. The van der Waals surface area contributed by atoms with E-state index in [2.05, 4.69) is 10.6 Å². The monoisotopic (exact) mass is 371 g/mol. The maximum atomic E-state index is 12.6. The topological polar surface area (TPSA) is 61.4 Å². The SMILES string of the molecule is CN(C)c1ccc(NC(=O)C2(C(=O)NCc3ccccc3Cl)CC2)cc1. The molecule has 2 amide bonds. The fraction of sp³-hybridized carbons (Fsp3) is 0.300. The molecule has 2 aromatic rings. The first-order valence-electron chi connectivity index (χ1n) is 8.53. The van der Waals surface area contributed by atoms with Gasteiger partial charge in [-0.2, -0.15) is 0 Å². The van der Waals surface area contributed by atoms with Crippen molar-refractivity contribution in [2.24, 2.45) is 5.41 Å². The second-order valence-electron chi connectivity index (χ2n) is 6.75. The van der Waals surface area contributed by atoms with Gasteiger partial charge in [-0.05, 0) is 48.7 Å². The lowest BCUT2D eigenvalue weighted by atomic mass is 10.0. The summed E-state index contributed by atoms with van der Waals surface area (Å²) in [6, 6.07) is 14.9. The molecule has 136 valence electrons. The van der Waals surface area contributed by atoms with Crippen LogP contribution in [-0.2, 0) is 16.1 Å². The van der Waals surface area contributed by atoms with E-state index in [9.17, 15) is 9.59 Å². The average Bonchev–Trinajstić information content (AvgIpc) is 3.43. The fourth-order valence-corrected chi connectivity index (χ4v) is 2.96. The van der Waals surface area contributed by atoms with Crippen LogP contribution in [0.15, 0.2) is 48.5 Å². The van der Waals surface area contributed by atoms with Gasteiger partial charge in [0.1, 0.15) is 5.41 Å². The lowest BCUT2D eigenvalue weighted by Crippen LogP contribution is -2.39. The Balaban J connectivity index is 1.61. The predicted octanol–water partition coefficient (Wildman–Crippen LogP) is 3.44. The first-order valence-corrected chi connectivity index (χ1v) is 8.91. The molecule has 0 atom stereocenters. The largest absolute Gasteiger partial charge is 0.378 e. The van der Waals surface area contributed by atoms with Crippen molar-refractivity contribution in [2.45, 2.75) is 19.4 Å². The highest BCUT2D eigenvalue weighted by Gasteiger charge is 2.56. The summed E-state index contributed by atoms with van der Waals surface area (Å²) in [6.07, 6.45) is 1.12. The molecule has 26 heavy (non-hydrogen) atoms. The molecule has 0 aliphatic heterocycles. The number of hydrogen-bond donors (Lipinski definition) is 2. The van der Waals surface area contributed by atoms with Crippen LogP contribution in [0.1, 0.15) is 18.4 Å². The molecule has 0 heterocycles. The standard InChI is InChI=1S/C20H22ClN3O2/c1-24(2)16-9-7-15(8-10-16)23-19(26)20(11-12-20)18(25)22-13-14-5-3-4-6-17(14)21/h3-10H,11-13H2,1-2H3,(H,22,25)(H,23,26). The van der Waals surface area contributed by atoms with E-state index in [4.69, 9.17) is 11.6 Å². The zero-order chi connectivity index (χ0) is 18.7. The predicted molar refractivity (Wildman–Crippen MR) is 104 cm³/mol. The molecular formula is C20H22ClN3O2. The third-order valence-corrected chi connectivity index (χ3v) is 5.03. The molecule has 5 nitrogen and oxygen atoms in total. The second-order valence-corrected chi connectivity index (χ2v) is 7.16. The highest BCUT2D eigenvalue weighted by Crippen LogP contribution is 2.47. The summed E-state index contributed by atoms with van der Waals surface area (Å²) in [5, 5.41) is 6.30. The van der Waals surface area contributed by atoms with Crippen LogP contribution in [0, 0.1) is 5.41 Å². The van der Waals surface area contributed by atoms with Crippen molar-refractivity contribution in [3.8, 4) is 0 Å². The third-order valence-electron chi connectivity index (χ3n) is 4.66. The number of nitrogens with one attached hydrogen (secondary N) is 2. The Labute approximate surface area is 158 Å². The maximum absolute atomic E-state index is 12.6. The Morgan fingerprint density at radius 3 is 2.27 bits per heavy atom. The molecule has 0 radical (unpaired) electrons. The van der Waals surface area contributed by atoms with Crippen LogP contribution in [0.2, 0.25) is 5.02 Å². The minimum Gasteiger partial charge on any atom is -0.378 e. The van der Waals surface area contributed by atoms with Gasteiger partial charge in [-0.1, -0.05) is 29.8 Å². The van der Waals surface area contributed by atoms with Gasteiger partial charge >= 0.3 is 0 Å². The van der Waals surface area contributed by atoms with E-state index in [1.807, 2.05) is 61.5 Å². The van der Waals surface area contributed by atoms with Crippen molar-refractivity contribution >= 4 is 34.8 Å². The highest BCUT2D eigenvalue weighted by atomic mass is 35.5. The van der Waals surface area contributed by atoms with Crippen molar-refractivity contribution < 1.29 is 9.59 Å². The molecule has 1 saturated carbocycles. The number of anilines is 2. The summed E-state index contributed by atoms with van der Waals surface area (Å²) < 4.78 is 0. The third kappa shape index (κ3) is 3.83. The summed E-state index contributed by atoms with van der Waals surface area (Å²) in [6.45, 7) is 0.311. The van der Waals surface area contributed by atoms with Gasteiger partial charge in [-0.3, -0.25) is 9.59 Å². The van der Waals surface area contributed by atoms with Gasteiger partial charge in [-0.15, -0.1) is 0 Å². The van der Waals surface area contributed by atoms with E-state index in [0.717, 1.165) is 11.3 Å². The summed E-state index contributed by atoms with van der Waals surface area (Å²) in [5.41, 5.74) is 1.59. The van der Waals surface area contributed by atoms with E-state index in [0.29, 0.717) is 30.1 Å². The van der Waals surface area contributed by atoms with Crippen molar-refractivity contribution in [1.82, 2.24) is 5.32 Å². The second kappa shape index (κ2) is 7.38. The van der Waals surface area contributed by atoms with Crippen LogP contribution >= 0.6 is 11.6 Å². The molecule has 0 saturated heterocycles. The molecular weight excluding hydrogens is 350 g/mol.